The second kappa shape index (κ2) is 8.81. The molecule has 0 radical (unpaired) electrons. The summed E-state index contributed by atoms with van der Waals surface area (Å²) in [6.07, 6.45) is 1.14. The van der Waals surface area contributed by atoms with Gasteiger partial charge in [0, 0.05) is 11.8 Å². The molecule has 170 valence electrons. The van der Waals surface area contributed by atoms with Crippen molar-refractivity contribution in [2.75, 3.05) is 12.9 Å². The Labute approximate surface area is 184 Å². The van der Waals surface area contributed by atoms with Gasteiger partial charge in [-0.25, -0.2) is 12.8 Å². The van der Waals surface area contributed by atoms with Gasteiger partial charge in [0.1, 0.15) is 18.5 Å². The van der Waals surface area contributed by atoms with Gasteiger partial charge in [0.05, 0.1) is 22.4 Å². The number of hydrogen-bond acceptors (Lipinski definition) is 7. The molecule has 0 aliphatic carbocycles. The Kier molecular flexibility index (Phi) is 6.49. The van der Waals surface area contributed by atoms with E-state index in [-0.39, 0.29) is 22.8 Å². The Morgan fingerprint density at radius 1 is 1.12 bits per heavy atom. The van der Waals surface area contributed by atoms with Crippen LogP contribution in [0.2, 0.25) is 0 Å². The van der Waals surface area contributed by atoms with Crippen molar-refractivity contribution in [2.24, 2.45) is 0 Å². The molecule has 1 heterocycles. The van der Waals surface area contributed by atoms with Gasteiger partial charge in [0.2, 0.25) is 0 Å². The number of aliphatic hydroxyl groups excluding tert-OH is 1. The SMILES string of the molecule is CC(C)(O)[C@H](O)COc1c(-c2ccc(S(C)(=O)=O)cc2)cnn(-c2ccc(F)cc2)c1=O. The molecule has 8 nitrogen and oxygen atoms in total. The van der Waals surface area contributed by atoms with Gasteiger partial charge in [0.15, 0.2) is 15.6 Å². The number of aromatic nitrogens is 2. The molecule has 32 heavy (non-hydrogen) atoms. The standard InChI is InChI=1S/C22H23FN2O6S/c1-22(2,28)19(26)13-31-20-18(14-4-10-17(11-5-14)32(3,29)30)12-24-25(21(20)27)16-8-6-15(23)7-9-16/h4-12,19,26,28H,13H2,1-3H3/t19-/m1/s1. The van der Waals surface area contributed by atoms with Crippen molar-refractivity contribution in [1.82, 2.24) is 9.78 Å². The second-order valence-electron chi connectivity index (χ2n) is 7.86. The average molecular weight is 462 g/mol. The van der Waals surface area contributed by atoms with Gasteiger partial charge in [0.25, 0.3) is 0 Å². The van der Waals surface area contributed by atoms with Crippen LogP contribution >= 0.6 is 0 Å². The maximum atomic E-state index is 13.3. The van der Waals surface area contributed by atoms with Gasteiger partial charge in [-0.3, -0.25) is 4.79 Å². The molecule has 0 aliphatic heterocycles. The molecule has 0 spiro atoms. The first-order chi connectivity index (χ1) is 14.9. The van der Waals surface area contributed by atoms with Crippen LogP contribution in [-0.2, 0) is 9.84 Å². The molecule has 0 aliphatic rings. The van der Waals surface area contributed by atoms with E-state index in [4.69, 9.17) is 4.74 Å². The number of benzene rings is 2. The summed E-state index contributed by atoms with van der Waals surface area (Å²) in [5, 5.41) is 24.2. The maximum absolute atomic E-state index is 13.3. The molecular formula is C22H23FN2O6S. The minimum atomic E-state index is -3.41. The fraction of sp³-hybridized carbons (Fsp3) is 0.273. The normalized spacial score (nSPS) is 13.1. The lowest BCUT2D eigenvalue weighted by atomic mass is 10.0. The number of sulfone groups is 1. The summed E-state index contributed by atoms with van der Waals surface area (Å²) in [4.78, 5) is 13.3. The van der Waals surface area contributed by atoms with E-state index in [9.17, 15) is 27.8 Å². The highest BCUT2D eigenvalue weighted by atomic mass is 32.2. The van der Waals surface area contributed by atoms with Crippen LogP contribution in [-0.4, -0.2) is 53.0 Å². The highest BCUT2D eigenvalue weighted by Gasteiger charge is 2.26. The zero-order chi connectivity index (χ0) is 23.7. The third kappa shape index (κ3) is 5.21. The molecule has 2 N–H and O–H groups in total. The first kappa shape index (κ1) is 23.6. The predicted octanol–water partition coefficient (Wildman–Crippen LogP) is 1.95. The Morgan fingerprint density at radius 3 is 2.25 bits per heavy atom. The van der Waals surface area contributed by atoms with E-state index >= 15 is 0 Å². The van der Waals surface area contributed by atoms with Crippen molar-refractivity contribution in [3.63, 3.8) is 0 Å². The van der Waals surface area contributed by atoms with Crippen LogP contribution in [0.25, 0.3) is 16.8 Å². The Balaban J connectivity index is 2.10. The summed E-state index contributed by atoms with van der Waals surface area (Å²) in [5.41, 5.74) is -1.13. The molecule has 3 aromatic rings. The number of ether oxygens (including phenoxy) is 1. The topological polar surface area (TPSA) is 119 Å². The highest BCUT2D eigenvalue weighted by Crippen LogP contribution is 2.28. The molecule has 0 unspecified atom stereocenters. The lowest BCUT2D eigenvalue weighted by molar-refractivity contribution is -0.0663. The first-order valence-electron chi connectivity index (χ1n) is 9.60. The third-order valence-electron chi connectivity index (χ3n) is 4.80. The molecule has 2 aromatic carbocycles. The molecule has 10 heteroatoms. The molecule has 0 fully saturated rings. The molecule has 0 amide bonds. The van der Waals surface area contributed by atoms with Crippen molar-refractivity contribution in [1.29, 1.82) is 0 Å². The highest BCUT2D eigenvalue weighted by molar-refractivity contribution is 7.90. The van der Waals surface area contributed by atoms with E-state index in [2.05, 4.69) is 5.10 Å². The van der Waals surface area contributed by atoms with Crippen LogP contribution in [0.3, 0.4) is 0 Å². The fourth-order valence-corrected chi connectivity index (χ4v) is 3.43. The van der Waals surface area contributed by atoms with Crippen molar-refractivity contribution in [3.8, 4) is 22.6 Å². The van der Waals surface area contributed by atoms with Gasteiger partial charge in [-0.2, -0.15) is 9.78 Å². The van der Waals surface area contributed by atoms with Crippen LogP contribution in [0, 0.1) is 5.82 Å². The quantitative estimate of drug-likeness (QED) is 0.551. The number of halogens is 1. The van der Waals surface area contributed by atoms with E-state index in [0.29, 0.717) is 11.3 Å². The number of rotatable bonds is 7. The van der Waals surface area contributed by atoms with Crippen LogP contribution in [0.1, 0.15) is 13.8 Å². The number of nitrogens with zero attached hydrogens (tertiary/aromatic N) is 2. The van der Waals surface area contributed by atoms with Crippen molar-refractivity contribution >= 4 is 9.84 Å². The molecule has 0 bridgehead atoms. The van der Waals surface area contributed by atoms with E-state index in [1.165, 1.54) is 68.6 Å². The minimum Gasteiger partial charge on any atom is -0.484 e. The molecule has 3 rings (SSSR count). The number of hydrogen-bond donors (Lipinski definition) is 2. The van der Waals surface area contributed by atoms with Gasteiger partial charge in [-0.1, -0.05) is 12.1 Å². The first-order valence-corrected chi connectivity index (χ1v) is 11.5. The number of aliphatic hydroxyl groups is 2. The van der Waals surface area contributed by atoms with E-state index in [1.54, 1.807) is 0 Å². The second-order valence-corrected chi connectivity index (χ2v) is 9.87. The molecule has 0 saturated heterocycles. The maximum Gasteiger partial charge on any atom is 0.314 e. The van der Waals surface area contributed by atoms with Crippen LogP contribution < -0.4 is 10.3 Å². The molecular weight excluding hydrogens is 439 g/mol. The minimum absolute atomic E-state index is 0.105. The fourth-order valence-electron chi connectivity index (χ4n) is 2.80. The lowest BCUT2D eigenvalue weighted by Crippen LogP contribution is -2.40. The monoisotopic (exact) mass is 462 g/mol. The molecule has 1 atom stereocenters. The van der Waals surface area contributed by atoms with Gasteiger partial charge in [-0.15, -0.1) is 0 Å². The van der Waals surface area contributed by atoms with Crippen LogP contribution in [0.4, 0.5) is 4.39 Å². The largest absolute Gasteiger partial charge is 0.484 e. The summed E-state index contributed by atoms with van der Waals surface area (Å²) in [7, 11) is -3.41. The zero-order valence-corrected chi connectivity index (χ0v) is 18.5. The zero-order valence-electron chi connectivity index (χ0n) is 17.7. The van der Waals surface area contributed by atoms with E-state index < -0.39 is 32.9 Å². The van der Waals surface area contributed by atoms with Crippen molar-refractivity contribution < 1.29 is 27.8 Å². The van der Waals surface area contributed by atoms with Gasteiger partial charge < -0.3 is 14.9 Å². The smallest absolute Gasteiger partial charge is 0.314 e. The Hall–Kier alpha value is -3.08. The van der Waals surface area contributed by atoms with Gasteiger partial charge >= 0.3 is 5.56 Å². The predicted molar refractivity (Wildman–Crippen MR) is 116 cm³/mol. The summed E-state index contributed by atoms with van der Waals surface area (Å²) >= 11 is 0. The summed E-state index contributed by atoms with van der Waals surface area (Å²) in [5.74, 6) is -0.645. The average Bonchev–Trinajstić information content (AvgIpc) is 2.72. The van der Waals surface area contributed by atoms with E-state index in [1.807, 2.05) is 0 Å². The van der Waals surface area contributed by atoms with E-state index in [0.717, 1.165) is 10.9 Å². The Morgan fingerprint density at radius 2 is 1.72 bits per heavy atom. The van der Waals surface area contributed by atoms with Crippen molar-refractivity contribution in [3.05, 3.63) is 70.9 Å². The molecule has 1 aromatic heterocycles. The van der Waals surface area contributed by atoms with Crippen LogP contribution in [0.15, 0.2) is 64.4 Å². The summed E-state index contributed by atoms with van der Waals surface area (Å²) in [6, 6.07) is 10.9. The lowest BCUT2D eigenvalue weighted by Gasteiger charge is -2.24. The summed E-state index contributed by atoms with van der Waals surface area (Å²) < 4.78 is 43.4. The summed E-state index contributed by atoms with van der Waals surface area (Å²) in [6.45, 7) is 2.41. The van der Waals surface area contributed by atoms with Crippen LogP contribution in [0.5, 0.6) is 5.75 Å². The van der Waals surface area contributed by atoms with Crippen molar-refractivity contribution in [2.45, 2.75) is 30.4 Å². The van der Waals surface area contributed by atoms with Gasteiger partial charge in [-0.05, 0) is 55.8 Å². The third-order valence-corrected chi connectivity index (χ3v) is 5.93. The molecule has 0 saturated carbocycles. The Bertz CT molecular complexity index is 1260.